The van der Waals surface area contributed by atoms with Crippen LogP contribution in [0.1, 0.15) is 0 Å². The van der Waals surface area contributed by atoms with Crippen LogP contribution >= 0.6 is 0 Å². The molecule has 4 heterocycles. The van der Waals surface area contributed by atoms with Crippen molar-refractivity contribution in [1.29, 1.82) is 0 Å². The number of nitro benzene ring substituents is 1. The number of nitro groups is 1. The van der Waals surface area contributed by atoms with E-state index in [-0.39, 0.29) is 10.6 Å². The topological polar surface area (TPSA) is 74.5 Å². The average molecular weight is 313 g/mol. The van der Waals surface area contributed by atoms with Crippen LogP contribution in [-0.4, -0.2) is 65.0 Å². The van der Waals surface area contributed by atoms with E-state index in [0.29, 0.717) is 11.4 Å². The second-order valence-electron chi connectivity index (χ2n) is 6.18. The molecule has 2 aromatic rings. The summed E-state index contributed by atoms with van der Waals surface area (Å²) in [7, 11) is 0. The smallest absolute Gasteiger partial charge is 0.278 e. The van der Waals surface area contributed by atoms with Crippen LogP contribution in [0.2, 0.25) is 0 Å². The highest BCUT2D eigenvalue weighted by molar-refractivity contribution is 5.99. The van der Waals surface area contributed by atoms with Gasteiger partial charge in [0.25, 0.3) is 5.69 Å². The fraction of sp³-hybridized carbons (Fsp3) is 0.438. The molecular formula is C16H19N5O2. The summed E-state index contributed by atoms with van der Waals surface area (Å²) < 4.78 is 0. The van der Waals surface area contributed by atoms with E-state index in [4.69, 9.17) is 0 Å². The van der Waals surface area contributed by atoms with Crippen molar-refractivity contribution in [2.45, 2.75) is 6.04 Å². The van der Waals surface area contributed by atoms with Crippen molar-refractivity contribution < 1.29 is 4.92 Å². The zero-order valence-electron chi connectivity index (χ0n) is 12.8. The number of nitrogens with one attached hydrogen (secondary N) is 1. The quantitative estimate of drug-likeness (QED) is 0.682. The molecule has 0 aliphatic carbocycles. The lowest BCUT2D eigenvalue weighted by molar-refractivity contribution is -0.383. The number of rotatable bonds is 4. The van der Waals surface area contributed by atoms with E-state index in [9.17, 15) is 10.1 Å². The third-order valence-corrected chi connectivity index (χ3v) is 4.91. The van der Waals surface area contributed by atoms with Crippen molar-refractivity contribution in [3.8, 4) is 0 Å². The lowest BCUT2D eigenvalue weighted by Gasteiger charge is -2.47. The van der Waals surface area contributed by atoms with Crippen LogP contribution in [0.25, 0.3) is 10.8 Å². The molecule has 1 aromatic heterocycles. The summed E-state index contributed by atoms with van der Waals surface area (Å²) in [4.78, 5) is 19.9. The van der Waals surface area contributed by atoms with Crippen LogP contribution in [0.3, 0.4) is 0 Å². The Morgan fingerprint density at radius 1 is 1.22 bits per heavy atom. The Hall–Kier alpha value is -2.25. The third-order valence-electron chi connectivity index (χ3n) is 4.91. The summed E-state index contributed by atoms with van der Waals surface area (Å²) in [5, 5.41) is 16.1. The number of nitrogens with zero attached hydrogens (tertiary/aromatic N) is 4. The second-order valence-corrected chi connectivity index (χ2v) is 6.18. The van der Waals surface area contributed by atoms with Crippen molar-refractivity contribution in [2.24, 2.45) is 0 Å². The Bertz CT molecular complexity index is 742. The molecule has 7 nitrogen and oxygen atoms in total. The number of piperazine rings is 3. The van der Waals surface area contributed by atoms with Gasteiger partial charge in [-0.05, 0) is 12.1 Å². The number of hydrogen-bond donors (Lipinski definition) is 1. The molecule has 0 saturated carbocycles. The predicted octanol–water partition coefficient (Wildman–Crippen LogP) is 1.55. The van der Waals surface area contributed by atoms with Crippen LogP contribution in [0.5, 0.6) is 0 Å². The Kier molecular flexibility index (Phi) is 3.59. The number of non-ortho nitro benzene ring substituents is 1. The summed E-state index contributed by atoms with van der Waals surface area (Å²) in [6, 6.07) is 5.70. The van der Waals surface area contributed by atoms with Crippen LogP contribution in [-0.2, 0) is 0 Å². The maximum atomic E-state index is 11.2. The summed E-state index contributed by atoms with van der Waals surface area (Å²) >= 11 is 0. The van der Waals surface area contributed by atoms with Crippen molar-refractivity contribution in [3.05, 3.63) is 40.7 Å². The summed E-state index contributed by atoms with van der Waals surface area (Å²) in [5.41, 5.74) is 1.04. The van der Waals surface area contributed by atoms with Gasteiger partial charge in [-0.1, -0.05) is 0 Å². The molecule has 1 atom stereocenters. The van der Waals surface area contributed by atoms with E-state index in [2.05, 4.69) is 20.1 Å². The molecule has 2 bridgehead atoms. The summed E-state index contributed by atoms with van der Waals surface area (Å²) in [6.07, 6.45) is 3.24. The van der Waals surface area contributed by atoms with E-state index in [1.165, 1.54) is 13.1 Å². The number of anilines is 1. The lowest BCUT2D eigenvalue weighted by Crippen LogP contribution is -2.62. The fourth-order valence-electron chi connectivity index (χ4n) is 3.63. The van der Waals surface area contributed by atoms with Crippen LogP contribution in [0.4, 0.5) is 11.4 Å². The molecule has 3 saturated heterocycles. The van der Waals surface area contributed by atoms with Gasteiger partial charge < -0.3 is 5.32 Å². The molecule has 23 heavy (non-hydrogen) atoms. The first-order valence-electron chi connectivity index (χ1n) is 7.94. The largest absolute Gasteiger partial charge is 0.383 e. The predicted molar refractivity (Wildman–Crippen MR) is 88.7 cm³/mol. The summed E-state index contributed by atoms with van der Waals surface area (Å²) in [6.45, 7) is 6.56. The zero-order chi connectivity index (χ0) is 15.8. The molecule has 7 heteroatoms. The van der Waals surface area contributed by atoms with Gasteiger partial charge in [0.15, 0.2) is 0 Å². The number of hydrogen-bond acceptors (Lipinski definition) is 6. The number of aromatic nitrogens is 1. The average Bonchev–Trinajstić information content (AvgIpc) is 2.60. The maximum absolute atomic E-state index is 11.2. The fourth-order valence-corrected chi connectivity index (χ4v) is 3.63. The minimum Gasteiger partial charge on any atom is -0.383 e. The molecule has 0 amide bonds. The zero-order valence-corrected chi connectivity index (χ0v) is 12.8. The normalized spacial score (nSPS) is 26.3. The number of pyridine rings is 1. The van der Waals surface area contributed by atoms with Gasteiger partial charge in [0.1, 0.15) is 0 Å². The molecule has 1 unspecified atom stereocenters. The summed E-state index contributed by atoms with van der Waals surface area (Å²) in [5.74, 6) is 0. The Morgan fingerprint density at radius 2 is 2.04 bits per heavy atom. The highest BCUT2D eigenvalue weighted by Crippen LogP contribution is 2.30. The van der Waals surface area contributed by atoms with E-state index in [0.717, 1.165) is 37.3 Å². The molecular weight excluding hydrogens is 294 g/mol. The van der Waals surface area contributed by atoms with Gasteiger partial charge in [0.05, 0.1) is 10.3 Å². The first-order valence-corrected chi connectivity index (χ1v) is 7.94. The van der Waals surface area contributed by atoms with Crippen molar-refractivity contribution >= 4 is 22.1 Å². The Morgan fingerprint density at radius 3 is 2.74 bits per heavy atom. The maximum Gasteiger partial charge on any atom is 0.278 e. The standard InChI is InChI=1S/C16H19N5O2/c22-21(23)16-2-1-15(13-3-4-17-10-14(13)16)18-9-12-11-19-5-7-20(12)8-6-19/h1-4,10,12,18H,5-9,11H2. The molecule has 1 N–H and O–H groups in total. The molecule has 3 fully saturated rings. The lowest BCUT2D eigenvalue weighted by atomic mass is 10.1. The van der Waals surface area contributed by atoms with Gasteiger partial charge in [0, 0.05) is 74.8 Å². The van der Waals surface area contributed by atoms with Crippen molar-refractivity contribution in [1.82, 2.24) is 14.8 Å². The molecule has 3 aliphatic rings. The van der Waals surface area contributed by atoms with Crippen LogP contribution in [0.15, 0.2) is 30.6 Å². The number of fused-ring (bicyclic) bond motifs is 4. The first-order chi connectivity index (χ1) is 11.2. The van der Waals surface area contributed by atoms with Gasteiger partial charge in [-0.25, -0.2) is 0 Å². The molecule has 120 valence electrons. The van der Waals surface area contributed by atoms with E-state index < -0.39 is 0 Å². The van der Waals surface area contributed by atoms with Crippen molar-refractivity contribution in [2.75, 3.05) is 44.6 Å². The number of benzene rings is 1. The van der Waals surface area contributed by atoms with Gasteiger partial charge >= 0.3 is 0 Å². The van der Waals surface area contributed by atoms with Crippen LogP contribution in [0, 0.1) is 10.1 Å². The molecule has 1 aromatic carbocycles. The third kappa shape index (κ3) is 2.62. The highest BCUT2D eigenvalue weighted by atomic mass is 16.6. The molecule has 3 aliphatic heterocycles. The van der Waals surface area contributed by atoms with E-state index >= 15 is 0 Å². The highest BCUT2D eigenvalue weighted by Gasteiger charge is 2.31. The minimum absolute atomic E-state index is 0.102. The Labute approximate surface area is 134 Å². The van der Waals surface area contributed by atoms with Gasteiger partial charge in [-0.2, -0.15) is 0 Å². The van der Waals surface area contributed by atoms with Gasteiger partial charge in [-0.15, -0.1) is 0 Å². The SMILES string of the molecule is O=[N+]([O-])c1ccc(NCC2CN3CCN2CC3)c2ccncc12. The monoisotopic (exact) mass is 313 g/mol. The second kappa shape index (κ2) is 5.75. The van der Waals surface area contributed by atoms with Gasteiger partial charge in [-0.3, -0.25) is 24.9 Å². The van der Waals surface area contributed by atoms with Gasteiger partial charge in [0.2, 0.25) is 0 Å². The van der Waals surface area contributed by atoms with E-state index in [1.807, 2.05) is 6.07 Å². The molecule has 0 radical (unpaired) electrons. The van der Waals surface area contributed by atoms with E-state index in [1.54, 1.807) is 24.5 Å². The molecule has 5 rings (SSSR count). The Balaban J connectivity index is 1.57. The van der Waals surface area contributed by atoms with Crippen molar-refractivity contribution in [3.63, 3.8) is 0 Å². The van der Waals surface area contributed by atoms with Crippen LogP contribution < -0.4 is 5.32 Å². The minimum atomic E-state index is -0.354. The first kappa shape index (κ1) is 14.3. The molecule has 0 spiro atoms.